The number of aliphatic imine (C=N–C) groups is 1. The SMILES string of the molecule is C[C@@H]1[C@@H](/N=C(/Nc2ccc3c(=O)n(CCc4ccc(Cl)cc4Cl)cnc3c2)N2CC[C@H](C)[C@H]2CO)C[C@@H]2C[C@H]1C2(C)C. The molecule has 9 heteroatoms. The Balaban J connectivity index is 1.25. The van der Waals surface area contributed by atoms with Crippen LogP contribution in [0.25, 0.3) is 10.9 Å². The number of hydrogen-bond donors (Lipinski definition) is 2. The normalized spacial score (nSPS) is 28.6. The molecule has 2 bridgehead atoms. The number of nitrogens with one attached hydrogen (secondary N) is 1. The van der Waals surface area contributed by atoms with Crippen molar-refractivity contribution < 1.29 is 5.11 Å². The summed E-state index contributed by atoms with van der Waals surface area (Å²) in [6, 6.07) is 11.4. The van der Waals surface area contributed by atoms with Gasteiger partial charge in [-0.15, -0.1) is 0 Å². The molecule has 2 heterocycles. The number of fused-ring (bicyclic) bond motifs is 3. The van der Waals surface area contributed by atoms with Crippen LogP contribution in [0.5, 0.6) is 0 Å². The van der Waals surface area contributed by atoms with E-state index in [9.17, 15) is 9.90 Å². The number of hydrogen-bond acceptors (Lipinski definition) is 4. The lowest BCUT2D eigenvalue weighted by Gasteiger charge is -2.61. The Kier molecular flexibility index (Phi) is 8.05. The molecule has 3 aliphatic carbocycles. The number of aliphatic hydroxyl groups excluding tert-OH is 1. The van der Waals surface area contributed by atoms with E-state index in [0.717, 1.165) is 36.6 Å². The molecule has 0 radical (unpaired) electrons. The molecule has 7 nitrogen and oxygen atoms in total. The van der Waals surface area contributed by atoms with Crippen molar-refractivity contribution in [3.8, 4) is 0 Å². The molecule has 3 aromatic rings. The summed E-state index contributed by atoms with van der Waals surface area (Å²) >= 11 is 12.4. The minimum atomic E-state index is -0.0860. The first-order valence-corrected chi connectivity index (χ1v) is 16.0. The van der Waals surface area contributed by atoms with Crippen LogP contribution in [0.3, 0.4) is 0 Å². The number of aromatic nitrogens is 2. The molecule has 0 unspecified atom stereocenters. The van der Waals surface area contributed by atoms with Crippen LogP contribution >= 0.6 is 23.2 Å². The van der Waals surface area contributed by atoms with E-state index < -0.39 is 0 Å². The molecule has 1 saturated heterocycles. The van der Waals surface area contributed by atoms with Gasteiger partial charge in [0.15, 0.2) is 5.96 Å². The zero-order chi connectivity index (χ0) is 29.8. The summed E-state index contributed by atoms with van der Waals surface area (Å²) in [5.74, 6) is 3.12. The highest BCUT2D eigenvalue weighted by atomic mass is 35.5. The topological polar surface area (TPSA) is 82.8 Å². The number of aryl methyl sites for hydroxylation is 2. The third-order valence-electron chi connectivity index (χ3n) is 10.7. The van der Waals surface area contributed by atoms with Gasteiger partial charge in [-0.2, -0.15) is 0 Å². The second-order valence-corrected chi connectivity index (χ2v) is 14.1. The van der Waals surface area contributed by atoms with E-state index in [1.807, 2.05) is 24.3 Å². The number of guanidine groups is 1. The van der Waals surface area contributed by atoms with Gasteiger partial charge in [-0.05, 0) is 90.7 Å². The fourth-order valence-electron chi connectivity index (χ4n) is 7.67. The first-order chi connectivity index (χ1) is 20.1. The third-order valence-corrected chi connectivity index (χ3v) is 11.2. The van der Waals surface area contributed by atoms with Gasteiger partial charge >= 0.3 is 0 Å². The van der Waals surface area contributed by atoms with Crippen LogP contribution in [0.1, 0.15) is 52.5 Å². The predicted octanol–water partition coefficient (Wildman–Crippen LogP) is 6.49. The van der Waals surface area contributed by atoms with Gasteiger partial charge in [0.2, 0.25) is 0 Å². The summed E-state index contributed by atoms with van der Waals surface area (Å²) < 4.78 is 1.63. The summed E-state index contributed by atoms with van der Waals surface area (Å²) in [7, 11) is 0. The molecule has 3 saturated carbocycles. The maximum atomic E-state index is 13.3. The molecule has 4 fully saturated rings. The van der Waals surface area contributed by atoms with E-state index >= 15 is 0 Å². The van der Waals surface area contributed by atoms with Crippen molar-refractivity contribution in [2.75, 3.05) is 18.5 Å². The second kappa shape index (κ2) is 11.5. The lowest BCUT2D eigenvalue weighted by atomic mass is 9.45. The maximum Gasteiger partial charge on any atom is 0.261 e. The minimum absolute atomic E-state index is 0.0287. The highest BCUT2D eigenvalue weighted by molar-refractivity contribution is 6.35. The molecule has 4 aliphatic rings. The van der Waals surface area contributed by atoms with Crippen LogP contribution in [-0.4, -0.2) is 50.8 Å². The van der Waals surface area contributed by atoms with E-state index in [1.54, 1.807) is 23.0 Å². The van der Waals surface area contributed by atoms with Crippen molar-refractivity contribution in [2.24, 2.45) is 34.1 Å². The summed E-state index contributed by atoms with van der Waals surface area (Å²) in [4.78, 5) is 25.6. The van der Waals surface area contributed by atoms with Gasteiger partial charge in [0, 0.05) is 28.8 Å². The average Bonchev–Trinajstić information content (AvgIpc) is 3.34. The Hall–Kier alpha value is -2.61. The van der Waals surface area contributed by atoms with Crippen LogP contribution in [0.4, 0.5) is 5.69 Å². The average molecular weight is 611 g/mol. The van der Waals surface area contributed by atoms with Gasteiger partial charge in [0.05, 0.1) is 35.9 Å². The lowest BCUT2D eigenvalue weighted by molar-refractivity contribution is -0.108. The van der Waals surface area contributed by atoms with Crippen molar-refractivity contribution in [1.29, 1.82) is 0 Å². The monoisotopic (exact) mass is 609 g/mol. The van der Waals surface area contributed by atoms with Crippen LogP contribution in [0.2, 0.25) is 10.0 Å². The molecule has 42 heavy (non-hydrogen) atoms. The van der Waals surface area contributed by atoms with Crippen molar-refractivity contribution >= 4 is 45.8 Å². The fraction of sp³-hybridized carbons (Fsp3) is 0.545. The molecule has 1 aliphatic heterocycles. The molecule has 1 aromatic heterocycles. The summed E-state index contributed by atoms with van der Waals surface area (Å²) in [6.07, 6.45) is 5.63. The first kappa shape index (κ1) is 29.5. The van der Waals surface area contributed by atoms with Gasteiger partial charge in [-0.25, -0.2) is 9.98 Å². The minimum Gasteiger partial charge on any atom is -0.394 e. The predicted molar refractivity (Wildman–Crippen MR) is 172 cm³/mol. The summed E-state index contributed by atoms with van der Waals surface area (Å²) in [6.45, 7) is 10.8. The molecule has 2 aromatic carbocycles. The molecule has 2 N–H and O–H groups in total. The number of anilines is 1. The second-order valence-electron chi connectivity index (χ2n) is 13.3. The van der Waals surface area contributed by atoms with Gasteiger partial charge in [-0.1, -0.05) is 57.0 Å². The highest BCUT2D eigenvalue weighted by Gasteiger charge is 2.56. The Morgan fingerprint density at radius 3 is 2.69 bits per heavy atom. The zero-order valence-corrected chi connectivity index (χ0v) is 26.4. The number of nitrogens with zero attached hydrogens (tertiary/aromatic N) is 4. The van der Waals surface area contributed by atoms with Crippen LogP contribution in [0, 0.1) is 29.1 Å². The van der Waals surface area contributed by atoms with Gasteiger partial charge < -0.3 is 15.3 Å². The van der Waals surface area contributed by atoms with Gasteiger partial charge in [0.1, 0.15) is 0 Å². The van der Waals surface area contributed by atoms with Crippen molar-refractivity contribution in [2.45, 2.75) is 72.0 Å². The lowest BCUT2D eigenvalue weighted by Crippen LogP contribution is -2.56. The van der Waals surface area contributed by atoms with E-state index in [-0.39, 0.29) is 24.2 Å². The fourth-order valence-corrected chi connectivity index (χ4v) is 8.17. The molecular weight excluding hydrogens is 569 g/mol. The molecular formula is C33H41Cl2N5O2. The van der Waals surface area contributed by atoms with Crippen LogP contribution in [-0.2, 0) is 13.0 Å². The van der Waals surface area contributed by atoms with Crippen LogP contribution < -0.4 is 10.9 Å². The summed E-state index contributed by atoms with van der Waals surface area (Å²) in [5, 5.41) is 15.6. The zero-order valence-electron chi connectivity index (χ0n) is 24.9. The van der Waals surface area contributed by atoms with E-state index in [0.29, 0.717) is 63.0 Å². The van der Waals surface area contributed by atoms with Crippen molar-refractivity contribution in [3.63, 3.8) is 0 Å². The third kappa shape index (κ3) is 5.33. The van der Waals surface area contributed by atoms with Gasteiger partial charge in [0.25, 0.3) is 5.56 Å². The Morgan fingerprint density at radius 1 is 1.17 bits per heavy atom. The Bertz CT molecular complexity index is 1570. The standard InChI is InChI=1S/C33H41Cl2N5O2/c1-19-9-12-40(30(19)17-41)32(38-28-14-22-13-26(20(28)2)33(22,3)4)37-24-7-8-25-29(16-24)36-18-39(31(25)42)11-10-21-5-6-23(34)15-27(21)35/h5-8,15-16,18-20,22,26,28,30,41H,9-14,17H2,1-4H3,(H,37,38)/t19-,20-,22-,26+,28-,30+/m0/s1. The first-order valence-electron chi connectivity index (χ1n) is 15.2. The number of rotatable bonds is 6. The van der Waals surface area contributed by atoms with E-state index in [1.165, 1.54) is 6.42 Å². The van der Waals surface area contributed by atoms with Gasteiger partial charge in [-0.3, -0.25) is 9.36 Å². The molecule has 224 valence electrons. The number of aliphatic hydroxyl groups is 1. The maximum absolute atomic E-state index is 13.3. The molecule has 0 amide bonds. The quantitative estimate of drug-likeness (QED) is 0.247. The van der Waals surface area contributed by atoms with Crippen molar-refractivity contribution in [3.05, 3.63) is 68.7 Å². The largest absolute Gasteiger partial charge is 0.394 e. The van der Waals surface area contributed by atoms with Crippen molar-refractivity contribution in [1.82, 2.24) is 14.5 Å². The molecule has 7 rings (SSSR count). The Morgan fingerprint density at radius 2 is 1.98 bits per heavy atom. The smallest absolute Gasteiger partial charge is 0.261 e. The van der Waals surface area contributed by atoms with E-state index in [2.05, 4.69) is 42.9 Å². The number of likely N-dealkylation sites (tertiary alicyclic amines) is 1. The number of benzene rings is 2. The summed E-state index contributed by atoms with van der Waals surface area (Å²) in [5.41, 5.74) is 2.71. The molecule has 6 atom stereocenters. The van der Waals surface area contributed by atoms with E-state index in [4.69, 9.17) is 28.2 Å². The highest BCUT2D eigenvalue weighted by Crippen LogP contribution is 2.61. The van der Waals surface area contributed by atoms with Crippen LogP contribution in [0.15, 0.2) is 52.5 Å². The number of halogens is 2. The molecule has 0 spiro atoms. The Labute approximate surface area is 258 Å².